The van der Waals surface area contributed by atoms with E-state index in [1.54, 1.807) is 16.9 Å². The molecule has 112 valence electrons. The molecule has 0 aliphatic rings. The van der Waals surface area contributed by atoms with Crippen molar-refractivity contribution in [3.63, 3.8) is 0 Å². The van der Waals surface area contributed by atoms with Crippen LogP contribution in [0.2, 0.25) is 5.02 Å². The van der Waals surface area contributed by atoms with Gasteiger partial charge in [-0.25, -0.2) is 4.68 Å². The number of hydrogen-bond acceptors (Lipinski definition) is 4. The van der Waals surface area contributed by atoms with E-state index in [0.717, 1.165) is 5.56 Å². The molecule has 3 rings (SSSR count). The van der Waals surface area contributed by atoms with Crippen LogP contribution in [0.4, 0.5) is 0 Å². The highest BCUT2D eigenvalue weighted by molar-refractivity contribution is 7.12. The molecule has 1 aromatic carbocycles. The molecule has 7 heteroatoms. The summed E-state index contributed by atoms with van der Waals surface area (Å²) in [7, 11) is 0. The van der Waals surface area contributed by atoms with E-state index in [-0.39, 0.29) is 5.91 Å². The summed E-state index contributed by atoms with van der Waals surface area (Å²) in [5, 5.41) is 13.5. The third-order valence-corrected chi connectivity index (χ3v) is 4.29. The van der Waals surface area contributed by atoms with Crippen LogP contribution in [0.1, 0.15) is 20.9 Å². The van der Waals surface area contributed by atoms with Crippen LogP contribution in [0.5, 0.6) is 0 Å². The van der Waals surface area contributed by atoms with Crippen LogP contribution in [0.25, 0.3) is 0 Å². The summed E-state index contributed by atoms with van der Waals surface area (Å²) in [5.41, 5.74) is 1.68. The highest BCUT2D eigenvalue weighted by atomic mass is 35.5. The second-order valence-electron chi connectivity index (χ2n) is 4.66. The van der Waals surface area contributed by atoms with E-state index in [4.69, 9.17) is 11.6 Å². The molecule has 0 fully saturated rings. The molecule has 0 unspecified atom stereocenters. The maximum Gasteiger partial charge on any atom is 0.261 e. The number of amides is 1. The number of hydrogen-bond donors (Lipinski definition) is 1. The van der Waals surface area contributed by atoms with Crippen LogP contribution >= 0.6 is 22.9 Å². The lowest BCUT2D eigenvalue weighted by Crippen LogP contribution is -2.21. The van der Waals surface area contributed by atoms with Crippen molar-refractivity contribution in [1.29, 1.82) is 0 Å². The lowest BCUT2D eigenvalue weighted by atomic mass is 10.2. The highest BCUT2D eigenvalue weighted by Crippen LogP contribution is 2.15. The van der Waals surface area contributed by atoms with Crippen molar-refractivity contribution in [3.8, 4) is 0 Å². The van der Waals surface area contributed by atoms with Crippen LogP contribution in [0, 0.1) is 0 Å². The molecule has 2 heterocycles. The summed E-state index contributed by atoms with van der Waals surface area (Å²) in [6, 6.07) is 11.2. The van der Waals surface area contributed by atoms with Crippen LogP contribution in [0.3, 0.4) is 0 Å². The lowest BCUT2D eigenvalue weighted by Gasteiger charge is -2.03. The SMILES string of the molecule is O=C(NCc1cn(Cc2ccccc2Cl)nn1)c1cccs1. The second kappa shape index (κ2) is 6.72. The summed E-state index contributed by atoms with van der Waals surface area (Å²) in [6.07, 6.45) is 1.80. The van der Waals surface area contributed by atoms with Crippen molar-refractivity contribution in [3.05, 3.63) is 69.1 Å². The van der Waals surface area contributed by atoms with Gasteiger partial charge in [0.25, 0.3) is 5.91 Å². The monoisotopic (exact) mass is 332 g/mol. The predicted octanol–water partition coefficient (Wildman–Crippen LogP) is 2.97. The van der Waals surface area contributed by atoms with Crippen LogP contribution in [0.15, 0.2) is 48.0 Å². The first-order valence-corrected chi connectivity index (χ1v) is 7.92. The number of aromatic nitrogens is 3. The Morgan fingerprint density at radius 3 is 2.91 bits per heavy atom. The van der Waals surface area contributed by atoms with Gasteiger partial charge in [-0.2, -0.15) is 0 Å². The molecule has 2 aromatic heterocycles. The maximum atomic E-state index is 11.8. The van der Waals surface area contributed by atoms with Gasteiger partial charge in [0.05, 0.1) is 24.2 Å². The van der Waals surface area contributed by atoms with E-state index in [1.165, 1.54) is 11.3 Å². The normalized spacial score (nSPS) is 10.6. The first-order chi connectivity index (χ1) is 10.7. The van der Waals surface area contributed by atoms with Crippen molar-refractivity contribution in [2.45, 2.75) is 13.1 Å². The molecule has 0 aliphatic heterocycles. The minimum absolute atomic E-state index is 0.101. The lowest BCUT2D eigenvalue weighted by molar-refractivity contribution is 0.0954. The third-order valence-electron chi connectivity index (χ3n) is 3.05. The molecule has 0 atom stereocenters. The molecule has 0 saturated carbocycles. The first kappa shape index (κ1) is 14.7. The summed E-state index contributed by atoms with van der Waals surface area (Å²) >= 11 is 7.53. The van der Waals surface area contributed by atoms with Gasteiger partial charge in [0.1, 0.15) is 5.69 Å². The van der Waals surface area contributed by atoms with Gasteiger partial charge >= 0.3 is 0 Å². The minimum atomic E-state index is -0.101. The average Bonchev–Trinajstić information content (AvgIpc) is 3.19. The topological polar surface area (TPSA) is 59.8 Å². The molecular formula is C15H13ClN4OS. The summed E-state index contributed by atoms with van der Waals surface area (Å²) in [6.45, 7) is 0.894. The standard InChI is InChI=1S/C15H13ClN4OS/c16-13-5-2-1-4-11(13)9-20-10-12(18-19-20)8-17-15(21)14-6-3-7-22-14/h1-7,10H,8-9H2,(H,17,21). The van der Waals surface area contributed by atoms with Crippen molar-refractivity contribution >= 4 is 28.8 Å². The summed E-state index contributed by atoms with van der Waals surface area (Å²) in [4.78, 5) is 12.5. The van der Waals surface area contributed by atoms with Gasteiger partial charge in [-0.15, -0.1) is 16.4 Å². The van der Waals surface area contributed by atoms with Crippen LogP contribution < -0.4 is 5.32 Å². The number of halogens is 1. The van der Waals surface area contributed by atoms with E-state index >= 15 is 0 Å². The Labute approximate surface area is 136 Å². The smallest absolute Gasteiger partial charge is 0.261 e. The van der Waals surface area contributed by atoms with E-state index in [2.05, 4.69) is 15.6 Å². The fraction of sp³-hybridized carbons (Fsp3) is 0.133. The molecule has 1 amide bonds. The van der Waals surface area contributed by atoms with Crippen LogP contribution in [-0.2, 0) is 13.1 Å². The molecule has 22 heavy (non-hydrogen) atoms. The Bertz CT molecular complexity index is 769. The number of nitrogens with one attached hydrogen (secondary N) is 1. The summed E-state index contributed by atoms with van der Waals surface area (Å²) < 4.78 is 1.70. The molecule has 0 aliphatic carbocycles. The molecule has 0 radical (unpaired) electrons. The zero-order chi connectivity index (χ0) is 15.4. The van der Waals surface area contributed by atoms with Gasteiger partial charge in [-0.1, -0.05) is 41.1 Å². The zero-order valence-corrected chi connectivity index (χ0v) is 13.1. The maximum absolute atomic E-state index is 11.8. The van der Waals surface area contributed by atoms with Crippen molar-refractivity contribution in [1.82, 2.24) is 20.3 Å². The van der Waals surface area contributed by atoms with Gasteiger partial charge in [0.15, 0.2) is 0 Å². The summed E-state index contributed by atoms with van der Waals surface area (Å²) in [5.74, 6) is -0.101. The van der Waals surface area contributed by atoms with Crippen LogP contribution in [-0.4, -0.2) is 20.9 Å². The fourth-order valence-corrected chi connectivity index (χ4v) is 2.80. The van der Waals surface area contributed by atoms with Crippen molar-refractivity contribution < 1.29 is 4.79 Å². The van der Waals surface area contributed by atoms with E-state index in [9.17, 15) is 4.79 Å². The van der Waals surface area contributed by atoms with Gasteiger partial charge in [0, 0.05) is 5.02 Å². The quantitative estimate of drug-likeness (QED) is 0.781. The van der Waals surface area contributed by atoms with Crippen molar-refractivity contribution in [2.24, 2.45) is 0 Å². The number of carbonyl (C=O) groups is 1. The molecule has 3 aromatic rings. The fourth-order valence-electron chi connectivity index (χ4n) is 1.96. The van der Waals surface area contributed by atoms with E-state index in [0.29, 0.717) is 28.7 Å². The van der Waals surface area contributed by atoms with E-state index < -0.39 is 0 Å². The van der Waals surface area contributed by atoms with Gasteiger partial charge < -0.3 is 5.32 Å². The molecule has 1 N–H and O–H groups in total. The number of thiophene rings is 1. The van der Waals surface area contributed by atoms with Crippen molar-refractivity contribution in [2.75, 3.05) is 0 Å². The second-order valence-corrected chi connectivity index (χ2v) is 6.01. The molecular weight excluding hydrogens is 320 g/mol. The molecule has 0 spiro atoms. The number of rotatable bonds is 5. The largest absolute Gasteiger partial charge is 0.346 e. The number of carbonyl (C=O) groups excluding carboxylic acids is 1. The Morgan fingerprint density at radius 1 is 1.27 bits per heavy atom. The molecule has 5 nitrogen and oxygen atoms in total. The Balaban J connectivity index is 1.60. The Morgan fingerprint density at radius 2 is 2.14 bits per heavy atom. The molecule has 0 bridgehead atoms. The highest BCUT2D eigenvalue weighted by Gasteiger charge is 2.08. The Hall–Kier alpha value is -2.18. The molecule has 0 saturated heterocycles. The Kier molecular flexibility index (Phi) is 4.50. The first-order valence-electron chi connectivity index (χ1n) is 6.66. The minimum Gasteiger partial charge on any atom is -0.346 e. The van der Waals surface area contributed by atoms with Gasteiger partial charge in [-0.3, -0.25) is 4.79 Å². The number of nitrogens with zero attached hydrogens (tertiary/aromatic N) is 3. The van der Waals surface area contributed by atoms with E-state index in [1.807, 2.05) is 35.7 Å². The average molecular weight is 333 g/mol. The number of benzene rings is 1. The third kappa shape index (κ3) is 3.52. The van der Waals surface area contributed by atoms with Gasteiger partial charge in [-0.05, 0) is 23.1 Å². The van der Waals surface area contributed by atoms with Gasteiger partial charge in [0.2, 0.25) is 0 Å². The predicted molar refractivity (Wildman–Crippen MR) is 86.1 cm³/mol. The zero-order valence-electron chi connectivity index (χ0n) is 11.6.